The van der Waals surface area contributed by atoms with E-state index in [0.717, 1.165) is 12.8 Å². The van der Waals surface area contributed by atoms with E-state index < -0.39 is 0 Å². The Bertz CT molecular complexity index is 383. The molecule has 0 aliphatic carbocycles. The number of aliphatic hydroxyl groups is 1. The fourth-order valence-electron chi connectivity index (χ4n) is 1.44. The van der Waals surface area contributed by atoms with E-state index in [4.69, 9.17) is 9.84 Å². The van der Waals surface area contributed by atoms with E-state index in [2.05, 4.69) is 6.92 Å². The Labute approximate surface area is 102 Å². The number of allylic oxidation sites excluding steroid dienone is 1. The Balaban J connectivity index is 2.49. The van der Waals surface area contributed by atoms with Crippen molar-refractivity contribution in [1.82, 2.24) is 0 Å². The molecule has 0 aliphatic heterocycles. The van der Waals surface area contributed by atoms with E-state index in [1.165, 1.54) is 0 Å². The van der Waals surface area contributed by atoms with Gasteiger partial charge in [0.05, 0.1) is 18.8 Å². The summed E-state index contributed by atoms with van der Waals surface area (Å²) in [4.78, 5) is 11.7. The first-order valence-electron chi connectivity index (χ1n) is 5.80. The van der Waals surface area contributed by atoms with Crippen molar-refractivity contribution in [2.24, 2.45) is 0 Å². The number of ether oxygens (including phenoxy) is 1. The van der Waals surface area contributed by atoms with Crippen LogP contribution in [0.15, 0.2) is 36.4 Å². The normalized spacial score (nSPS) is 10.7. The third kappa shape index (κ3) is 4.41. The van der Waals surface area contributed by atoms with Crippen LogP contribution in [-0.2, 0) is 11.3 Å². The summed E-state index contributed by atoms with van der Waals surface area (Å²) in [6, 6.07) is 6.92. The van der Waals surface area contributed by atoms with Crippen molar-refractivity contribution in [2.75, 3.05) is 6.61 Å². The highest BCUT2D eigenvalue weighted by molar-refractivity contribution is 5.91. The summed E-state index contributed by atoms with van der Waals surface area (Å²) >= 11 is 0. The van der Waals surface area contributed by atoms with Crippen molar-refractivity contribution in [3.8, 4) is 0 Å². The molecule has 0 saturated carbocycles. The Hall–Kier alpha value is -1.61. The smallest absolute Gasteiger partial charge is 0.338 e. The third-order valence-corrected chi connectivity index (χ3v) is 2.33. The van der Waals surface area contributed by atoms with Crippen molar-refractivity contribution < 1.29 is 14.6 Å². The Morgan fingerprint density at radius 1 is 1.35 bits per heavy atom. The van der Waals surface area contributed by atoms with Gasteiger partial charge in [-0.05, 0) is 24.5 Å². The molecule has 0 amide bonds. The maximum atomic E-state index is 11.7. The van der Waals surface area contributed by atoms with Crippen LogP contribution >= 0.6 is 0 Å². The van der Waals surface area contributed by atoms with Gasteiger partial charge in [-0.25, -0.2) is 4.79 Å². The third-order valence-electron chi connectivity index (χ3n) is 2.33. The molecule has 0 fully saturated rings. The maximum Gasteiger partial charge on any atom is 0.338 e. The fourth-order valence-corrected chi connectivity index (χ4v) is 1.44. The molecule has 0 saturated heterocycles. The lowest BCUT2D eigenvalue weighted by molar-refractivity contribution is 0.0508. The van der Waals surface area contributed by atoms with Crippen molar-refractivity contribution in [3.63, 3.8) is 0 Å². The monoisotopic (exact) mass is 234 g/mol. The van der Waals surface area contributed by atoms with Crippen LogP contribution in [0.25, 0.3) is 0 Å². The lowest BCUT2D eigenvalue weighted by atomic mass is 10.1. The predicted octanol–water partition coefficient (Wildman–Crippen LogP) is 2.69. The molecule has 92 valence electrons. The van der Waals surface area contributed by atoms with Gasteiger partial charge in [0.15, 0.2) is 0 Å². The number of rotatable bonds is 6. The molecule has 0 bridgehead atoms. The molecular formula is C14H18O3. The van der Waals surface area contributed by atoms with Gasteiger partial charge < -0.3 is 9.84 Å². The first-order chi connectivity index (χ1) is 8.29. The van der Waals surface area contributed by atoms with Gasteiger partial charge in [0, 0.05) is 0 Å². The maximum absolute atomic E-state index is 11.7. The number of esters is 1. The van der Waals surface area contributed by atoms with Crippen molar-refractivity contribution in [1.29, 1.82) is 0 Å². The molecule has 0 unspecified atom stereocenters. The highest BCUT2D eigenvalue weighted by Gasteiger charge is 2.10. The molecule has 1 N–H and O–H groups in total. The second kappa shape index (κ2) is 7.63. The van der Waals surface area contributed by atoms with Crippen molar-refractivity contribution in [2.45, 2.75) is 26.4 Å². The molecule has 0 radical (unpaired) electrons. The molecule has 0 aromatic heterocycles. The average molecular weight is 234 g/mol. The van der Waals surface area contributed by atoms with Crippen LogP contribution in [0.3, 0.4) is 0 Å². The van der Waals surface area contributed by atoms with Gasteiger partial charge in [0.2, 0.25) is 0 Å². The molecule has 3 nitrogen and oxygen atoms in total. The summed E-state index contributed by atoms with van der Waals surface area (Å²) in [6.07, 6.45) is 5.74. The zero-order valence-corrected chi connectivity index (χ0v) is 10.1. The van der Waals surface area contributed by atoms with Gasteiger partial charge in [-0.3, -0.25) is 0 Å². The SMILES string of the molecule is CC/C=C/CCOC(=O)c1ccccc1CO. The van der Waals surface area contributed by atoms with Crippen LogP contribution in [0.5, 0.6) is 0 Å². The standard InChI is InChI=1S/C14H18O3/c1-2-3-4-7-10-17-14(16)13-9-6-5-8-12(13)11-15/h3-6,8-9,15H,2,7,10-11H2,1H3/b4-3+. The molecule has 17 heavy (non-hydrogen) atoms. The van der Waals surface area contributed by atoms with Gasteiger partial charge in [-0.15, -0.1) is 0 Å². The minimum atomic E-state index is -0.375. The van der Waals surface area contributed by atoms with Crippen molar-refractivity contribution in [3.05, 3.63) is 47.5 Å². The number of aliphatic hydroxyl groups excluding tert-OH is 1. The van der Waals surface area contributed by atoms with Gasteiger partial charge >= 0.3 is 5.97 Å². The van der Waals surface area contributed by atoms with Gasteiger partial charge in [0.25, 0.3) is 0 Å². The van der Waals surface area contributed by atoms with Crippen LogP contribution < -0.4 is 0 Å². The zero-order valence-electron chi connectivity index (χ0n) is 10.1. The highest BCUT2D eigenvalue weighted by atomic mass is 16.5. The lowest BCUT2D eigenvalue weighted by Gasteiger charge is -2.06. The molecule has 0 spiro atoms. The molecule has 1 aromatic rings. The summed E-state index contributed by atoms with van der Waals surface area (Å²) in [5.41, 5.74) is 1.04. The Morgan fingerprint density at radius 2 is 2.12 bits per heavy atom. The first-order valence-corrected chi connectivity index (χ1v) is 5.80. The molecule has 0 atom stereocenters. The van der Waals surface area contributed by atoms with E-state index in [1.807, 2.05) is 12.2 Å². The van der Waals surface area contributed by atoms with E-state index in [9.17, 15) is 4.79 Å². The Morgan fingerprint density at radius 3 is 2.82 bits per heavy atom. The second-order valence-electron chi connectivity index (χ2n) is 3.62. The number of carbonyl (C=O) groups excluding carboxylic acids is 1. The highest BCUT2D eigenvalue weighted by Crippen LogP contribution is 2.10. The Kier molecular flexibility index (Phi) is 6.04. The zero-order chi connectivity index (χ0) is 12.5. The summed E-state index contributed by atoms with van der Waals surface area (Å²) in [7, 11) is 0. The quantitative estimate of drug-likeness (QED) is 0.467. The van der Waals surface area contributed by atoms with E-state index in [0.29, 0.717) is 17.7 Å². The minimum absolute atomic E-state index is 0.152. The van der Waals surface area contributed by atoms with Crippen LogP contribution in [0.1, 0.15) is 35.7 Å². The summed E-state index contributed by atoms with van der Waals surface area (Å²) < 4.78 is 5.12. The fraction of sp³-hybridized carbons (Fsp3) is 0.357. The molecule has 0 heterocycles. The van der Waals surface area contributed by atoms with Crippen LogP contribution in [-0.4, -0.2) is 17.7 Å². The number of hydrogen-bond acceptors (Lipinski definition) is 3. The molecule has 1 rings (SSSR count). The van der Waals surface area contributed by atoms with Crippen LogP contribution in [0.2, 0.25) is 0 Å². The van der Waals surface area contributed by atoms with Crippen LogP contribution in [0, 0.1) is 0 Å². The van der Waals surface area contributed by atoms with Crippen molar-refractivity contribution >= 4 is 5.97 Å². The summed E-state index contributed by atoms with van der Waals surface area (Å²) in [5, 5.41) is 9.09. The molecule has 3 heteroatoms. The van der Waals surface area contributed by atoms with E-state index in [1.54, 1.807) is 24.3 Å². The number of benzene rings is 1. The average Bonchev–Trinajstić information content (AvgIpc) is 2.38. The van der Waals surface area contributed by atoms with Gasteiger partial charge in [-0.2, -0.15) is 0 Å². The summed E-state index contributed by atoms with van der Waals surface area (Å²) in [5.74, 6) is -0.375. The van der Waals surface area contributed by atoms with Gasteiger partial charge in [-0.1, -0.05) is 37.3 Å². The van der Waals surface area contributed by atoms with E-state index >= 15 is 0 Å². The molecule has 0 aliphatic rings. The molecule has 1 aromatic carbocycles. The largest absolute Gasteiger partial charge is 0.462 e. The molecular weight excluding hydrogens is 216 g/mol. The first kappa shape index (κ1) is 13.5. The number of carbonyl (C=O) groups is 1. The predicted molar refractivity (Wildman–Crippen MR) is 66.7 cm³/mol. The summed E-state index contributed by atoms with van der Waals surface area (Å²) in [6.45, 7) is 2.27. The lowest BCUT2D eigenvalue weighted by Crippen LogP contribution is -2.09. The topological polar surface area (TPSA) is 46.5 Å². The minimum Gasteiger partial charge on any atom is -0.462 e. The second-order valence-corrected chi connectivity index (χ2v) is 3.62. The van der Waals surface area contributed by atoms with Gasteiger partial charge in [0.1, 0.15) is 0 Å². The number of hydrogen-bond donors (Lipinski definition) is 1. The van der Waals surface area contributed by atoms with E-state index in [-0.39, 0.29) is 12.6 Å². The van der Waals surface area contributed by atoms with Crippen LogP contribution in [0.4, 0.5) is 0 Å².